The molecule has 17 heavy (non-hydrogen) atoms. The molecule has 3 nitrogen and oxygen atoms in total. The van der Waals surface area contributed by atoms with Crippen LogP contribution in [-0.4, -0.2) is 19.8 Å². The van der Waals surface area contributed by atoms with E-state index >= 15 is 0 Å². The van der Waals surface area contributed by atoms with E-state index in [1.54, 1.807) is 14.2 Å². The Labute approximate surface area is 103 Å². The molecule has 1 saturated carbocycles. The zero-order valence-corrected chi connectivity index (χ0v) is 10.9. The van der Waals surface area contributed by atoms with Crippen LogP contribution in [0.5, 0.6) is 11.5 Å². The fraction of sp³-hybridized carbons (Fsp3) is 0.571. The van der Waals surface area contributed by atoms with E-state index in [4.69, 9.17) is 9.47 Å². The Morgan fingerprint density at radius 1 is 1.24 bits per heavy atom. The predicted octanol–water partition coefficient (Wildman–Crippen LogP) is 2.74. The molecule has 0 spiro atoms. The summed E-state index contributed by atoms with van der Waals surface area (Å²) in [4.78, 5) is 0. The van der Waals surface area contributed by atoms with Crippen LogP contribution in [0.4, 0.5) is 0 Å². The summed E-state index contributed by atoms with van der Waals surface area (Å²) in [6.07, 6.45) is 3.86. The first-order valence-corrected chi connectivity index (χ1v) is 6.13. The predicted molar refractivity (Wildman–Crippen MR) is 68.6 cm³/mol. The maximum atomic E-state index is 5.37. The molecule has 1 aliphatic carbocycles. The Hall–Kier alpha value is -1.22. The van der Waals surface area contributed by atoms with E-state index in [1.165, 1.54) is 19.3 Å². The first-order chi connectivity index (χ1) is 8.17. The van der Waals surface area contributed by atoms with Crippen LogP contribution in [-0.2, 0) is 6.54 Å². The van der Waals surface area contributed by atoms with Crippen molar-refractivity contribution in [2.24, 2.45) is 0 Å². The van der Waals surface area contributed by atoms with E-state index in [1.807, 2.05) is 18.2 Å². The average molecular weight is 235 g/mol. The van der Waals surface area contributed by atoms with Crippen molar-refractivity contribution in [2.75, 3.05) is 14.2 Å². The lowest BCUT2D eigenvalue weighted by Crippen LogP contribution is -2.47. The van der Waals surface area contributed by atoms with Gasteiger partial charge in [0.05, 0.1) is 14.2 Å². The number of nitrogens with one attached hydrogen (secondary N) is 1. The van der Waals surface area contributed by atoms with Crippen LogP contribution in [0.25, 0.3) is 0 Å². The minimum absolute atomic E-state index is 0.314. The third-order valence-corrected chi connectivity index (χ3v) is 3.65. The molecule has 0 unspecified atom stereocenters. The second-order valence-corrected chi connectivity index (χ2v) is 4.95. The van der Waals surface area contributed by atoms with E-state index in [2.05, 4.69) is 12.2 Å². The van der Waals surface area contributed by atoms with E-state index in [9.17, 15) is 0 Å². The quantitative estimate of drug-likeness (QED) is 0.851. The van der Waals surface area contributed by atoms with Gasteiger partial charge in [0.25, 0.3) is 0 Å². The summed E-state index contributed by atoms with van der Waals surface area (Å²) in [6, 6.07) is 5.92. The maximum Gasteiger partial charge on any atom is 0.123 e. The molecule has 0 saturated heterocycles. The van der Waals surface area contributed by atoms with Gasteiger partial charge < -0.3 is 14.8 Å². The van der Waals surface area contributed by atoms with Crippen molar-refractivity contribution in [2.45, 2.75) is 38.3 Å². The lowest BCUT2D eigenvalue weighted by Gasteiger charge is -2.39. The van der Waals surface area contributed by atoms with Crippen LogP contribution in [0.15, 0.2) is 18.2 Å². The zero-order valence-electron chi connectivity index (χ0n) is 10.9. The summed E-state index contributed by atoms with van der Waals surface area (Å²) < 4.78 is 10.6. The van der Waals surface area contributed by atoms with E-state index < -0.39 is 0 Å². The second-order valence-electron chi connectivity index (χ2n) is 4.95. The molecule has 0 aromatic heterocycles. The van der Waals surface area contributed by atoms with E-state index in [-0.39, 0.29) is 0 Å². The number of rotatable bonds is 5. The van der Waals surface area contributed by atoms with Crippen molar-refractivity contribution >= 4 is 0 Å². The first-order valence-electron chi connectivity index (χ1n) is 6.13. The van der Waals surface area contributed by atoms with Crippen LogP contribution in [0.2, 0.25) is 0 Å². The molecule has 1 fully saturated rings. The molecule has 0 bridgehead atoms. The van der Waals surface area contributed by atoms with Crippen LogP contribution in [0, 0.1) is 0 Å². The van der Waals surface area contributed by atoms with Gasteiger partial charge in [0, 0.05) is 17.6 Å². The largest absolute Gasteiger partial charge is 0.497 e. The summed E-state index contributed by atoms with van der Waals surface area (Å²) in [5, 5.41) is 3.60. The fourth-order valence-corrected chi connectivity index (χ4v) is 2.21. The average Bonchev–Trinajstić information content (AvgIpc) is 2.33. The zero-order chi connectivity index (χ0) is 12.3. The van der Waals surface area contributed by atoms with Gasteiger partial charge in [-0.25, -0.2) is 0 Å². The summed E-state index contributed by atoms with van der Waals surface area (Å²) >= 11 is 0. The molecule has 94 valence electrons. The molecule has 3 heteroatoms. The van der Waals surface area contributed by atoms with E-state index in [0.717, 1.165) is 23.6 Å². The Bertz CT molecular complexity index is 386. The topological polar surface area (TPSA) is 30.5 Å². The summed E-state index contributed by atoms with van der Waals surface area (Å²) in [7, 11) is 3.39. The molecule has 0 heterocycles. The van der Waals surface area contributed by atoms with Crippen molar-refractivity contribution in [3.63, 3.8) is 0 Å². The van der Waals surface area contributed by atoms with Gasteiger partial charge in [0.2, 0.25) is 0 Å². The molecule has 1 aromatic carbocycles. The van der Waals surface area contributed by atoms with Gasteiger partial charge in [0.15, 0.2) is 0 Å². The highest BCUT2D eigenvalue weighted by atomic mass is 16.5. The third-order valence-electron chi connectivity index (χ3n) is 3.65. The standard InChI is InChI=1S/C14H21NO2/c1-14(7-4-8-14)15-10-11-9-12(16-2)5-6-13(11)17-3/h5-6,9,15H,4,7-8,10H2,1-3H3. The van der Waals surface area contributed by atoms with Crippen molar-refractivity contribution in [1.82, 2.24) is 5.32 Å². The lowest BCUT2D eigenvalue weighted by atomic mass is 9.78. The van der Waals surface area contributed by atoms with Gasteiger partial charge in [-0.05, 0) is 44.4 Å². The molecule has 1 N–H and O–H groups in total. The van der Waals surface area contributed by atoms with Crippen molar-refractivity contribution < 1.29 is 9.47 Å². The van der Waals surface area contributed by atoms with E-state index in [0.29, 0.717) is 5.54 Å². The van der Waals surface area contributed by atoms with Crippen molar-refractivity contribution in [1.29, 1.82) is 0 Å². The van der Waals surface area contributed by atoms with Gasteiger partial charge >= 0.3 is 0 Å². The molecule has 0 atom stereocenters. The fourth-order valence-electron chi connectivity index (χ4n) is 2.21. The maximum absolute atomic E-state index is 5.37. The number of ether oxygens (including phenoxy) is 2. The SMILES string of the molecule is COc1ccc(OC)c(CNC2(C)CCC2)c1. The number of hydrogen-bond donors (Lipinski definition) is 1. The van der Waals surface area contributed by atoms with Crippen molar-refractivity contribution in [3.05, 3.63) is 23.8 Å². The van der Waals surface area contributed by atoms with Crippen LogP contribution < -0.4 is 14.8 Å². The Kier molecular flexibility index (Phi) is 3.57. The molecule has 0 aliphatic heterocycles. The smallest absolute Gasteiger partial charge is 0.123 e. The van der Waals surface area contributed by atoms with Gasteiger partial charge in [0.1, 0.15) is 11.5 Å². The van der Waals surface area contributed by atoms with Crippen LogP contribution in [0.1, 0.15) is 31.7 Å². The molecule has 1 aliphatic rings. The number of methoxy groups -OCH3 is 2. The highest BCUT2D eigenvalue weighted by Gasteiger charge is 2.30. The molecular formula is C14H21NO2. The molecule has 1 aromatic rings. The van der Waals surface area contributed by atoms with Gasteiger partial charge in [-0.1, -0.05) is 0 Å². The second kappa shape index (κ2) is 4.96. The first kappa shape index (κ1) is 12.2. The van der Waals surface area contributed by atoms with Crippen molar-refractivity contribution in [3.8, 4) is 11.5 Å². The molecular weight excluding hydrogens is 214 g/mol. The lowest BCUT2D eigenvalue weighted by molar-refractivity contribution is 0.206. The Morgan fingerprint density at radius 2 is 2.00 bits per heavy atom. The summed E-state index contributed by atoms with van der Waals surface area (Å²) in [5.41, 5.74) is 1.47. The highest BCUT2D eigenvalue weighted by molar-refractivity contribution is 5.40. The third kappa shape index (κ3) is 2.72. The number of hydrogen-bond acceptors (Lipinski definition) is 3. The molecule has 0 amide bonds. The monoisotopic (exact) mass is 235 g/mol. The van der Waals surface area contributed by atoms with Gasteiger partial charge in [-0.15, -0.1) is 0 Å². The molecule has 2 rings (SSSR count). The van der Waals surface area contributed by atoms with Gasteiger partial charge in [-0.3, -0.25) is 0 Å². The van der Waals surface area contributed by atoms with Gasteiger partial charge in [-0.2, -0.15) is 0 Å². The number of benzene rings is 1. The van der Waals surface area contributed by atoms with Crippen LogP contribution >= 0.6 is 0 Å². The summed E-state index contributed by atoms with van der Waals surface area (Å²) in [6.45, 7) is 3.11. The normalized spacial score (nSPS) is 17.4. The minimum Gasteiger partial charge on any atom is -0.497 e. The van der Waals surface area contributed by atoms with Crippen LogP contribution in [0.3, 0.4) is 0 Å². The summed E-state index contributed by atoms with van der Waals surface area (Å²) in [5.74, 6) is 1.79. The highest BCUT2D eigenvalue weighted by Crippen LogP contribution is 2.32. The minimum atomic E-state index is 0.314. The Morgan fingerprint density at radius 3 is 2.53 bits per heavy atom. The molecule has 0 radical (unpaired) electrons. The Balaban J connectivity index is 2.07.